The second-order valence-electron chi connectivity index (χ2n) is 6.45. The van der Waals surface area contributed by atoms with Gasteiger partial charge in [0.15, 0.2) is 5.84 Å². The molecule has 4 rings (SSSR count). The van der Waals surface area contributed by atoms with Crippen molar-refractivity contribution in [3.63, 3.8) is 0 Å². The van der Waals surface area contributed by atoms with E-state index in [1.54, 1.807) is 47.2 Å². The average Bonchev–Trinajstić information content (AvgIpc) is 2.68. The number of amidine groups is 1. The molecule has 0 fully saturated rings. The molecular weight excluding hydrogens is 400 g/mol. The summed E-state index contributed by atoms with van der Waals surface area (Å²) >= 11 is 6.58. The maximum Gasteiger partial charge on any atom is 0.264 e. The monoisotopic (exact) mass is 418 g/mol. The molecule has 0 amide bonds. The van der Waals surface area contributed by atoms with E-state index in [2.05, 4.69) is 14.7 Å². The molecule has 1 aliphatic rings. The number of pyridine rings is 2. The zero-order valence-electron chi connectivity index (χ0n) is 15.1. The second-order valence-corrected chi connectivity index (χ2v) is 8.49. The average molecular weight is 419 g/mol. The van der Waals surface area contributed by atoms with Crippen LogP contribution in [0.2, 0.25) is 5.02 Å². The molecule has 1 aromatic carbocycles. The van der Waals surface area contributed by atoms with Gasteiger partial charge in [-0.3, -0.25) is 18.5 Å². The third kappa shape index (κ3) is 3.08. The van der Waals surface area contributed by atoms with Crippen molar-refractivity contribution >= 4 is 44.9 Å². The molecule has 9 heteroatoms. The Hall–Kier alpha value is -2.39. The quantitative estimate of drug-likeness (QED) is 0.567. The minimum atomic E-state index is -3.45. The summed E-state index contributed by atoms with van der Waals surface area (Å²) in [7, 11) is -3.45. The lowest BCUT2D eigenvalue weighted by atomic mass is 10.1. The summed E-state index contributed by atoms with van der Waals surface area (Å²) in [5.74, 6) is 0.0460. The number of aryl methyl sites for hydroxylation is 1. The van der Waals surface area contributed by atoms with Crippen molar-refractivity contribution in [3.05, 3.63) is 63.5 Å². The van der Waals surface area contributed by atoms with Gasteiger partial charge in [0, 0.05) is 18.1 Å². The van der Waals surface area contributed by atoms with Gasteiger partial charge in [-0.25, -0.2) is 4.98 Å². The molecule has 0 spiro atoms. The van der Waals surface area contributed by atoms with Gasteiger partial charge in [0.05, 0.1) is 10.7 Å². The smallest absolute Gasteiger partial charge is 0.264 e. The van der Waals surface area contributed by atoms with Gasteiger partial charge in [0.25, 0.3) is 5.56 Å². The Balaban J connectivity index is 1.97. The lowest BCUT2D eigenvalue weighted by molar-refractivity contribution is 0.489. The number of aromatic nitrogens is 2. The number of nitrogens with zero attached hydrogens (tertiary/aromatic N) is 3. The summed E-state index contributed by atoms with van der Waals surface area (Å²) in [6.07, 6.45) is 3.32. The largest absolute Gasteiger partial charge is 0.337 e. The number of fused-ring (bicyclic) bond motifs is 2. The minimum Gasteiger partial charge on any atom is -0.337 e. The van der Waals surface area contributed by atoms with Gasteiger partial charge >= 0.3 is 0 Å². The van der Waals surface area contributed by atoms with Crippen LogP contribution in [0.3, 0.4) is 0 Å². The Morgan fingerprint density at radius 2 is 2.00 bits per heavy atom. The van der Waals surface area contributed by atoms with E-state index < -0.39 is 10.8 Å². The van der Waals surface area contributed by atoms with Crippen LogP contribution in [0.25, 0.3) is 11.0 Å². The molecule has 2 aromatic heterocycles. The van der Waals surface area contributed by atoms with E-state index in [9.17, 15) is 13.9 Å². The highest BCUT2D eigenvalue weighted by Gasteiger charge is 2.29. The Morgan fingerprint density at radius 3 is 2.79 bits per heavy atom. The molecule has 146 valence electrons. The van der Waals surface area contributed by atoms with Crippen molar-refractivity contribution in [2.24, 2.45) is 4.40 Å². The van der Waals surface area contributed by atoms with Crippen molar-refractivity contribution < 1.29 is 9.11 Å². The van der Waals surface area contributed by atoms with Gasteiger partial charge in [0.2, 0.25) is 0 Å². The third-order valence-corrected chi connectivity index (χ3v) is 6.36. The highest BCUT2D eigenvalue weighted by molar-refractivity contribution is 8.23. The summed E-state index contributed by atoms with van der Waals surface area (Å²) < 4.78 is 26.6. The van der Waals surface area contributed by atoms with E-state index in [0.29, 0.717) is 23.3 Å². The van der Waals surface area contributed by atoms with E-state index in [1.807, 2.05) is 6.92 Å². The zero-order chi connectivity index (χ0) is 19.9. The van der Waals surface area contributed by atoms with Crippen molar-refractivity contribution in [1.82, 2.24) is 9.55 Å². The van der Waals surface area contributed by atoms with E-state index >= 15 is 0 Å². The van der Waals surface area contributed by atoms with Gasteiger partial charge in [-0.2, -0.15) is 0 Å². The number of halogens is 1. The second kappa shape index (κ2) is 7.21. The first kappa shape index (κ1) is 18.9. The van der Waals surface area contributed by atoms with E-state index in [0.717, 1.165) is 12.8 Å². The molecule has 1 aliphatic heterocycles. The Morgan fingerprint density at radius 1 is 1.21 bits per heavy atom. The Bertz CT molecular complexity index is 1160. The maximum atomic E-state index is 13.3. The van der Waals surface area contributed by atoms with E-state index in [-0.39, 0.29) is 26.9 Å². The molecule has 7 nitrogen and oxygen atoms in total. The highest BCUT2D eigenvalue weighted by Crippen LogP contribution is 2.55. The van der Waals surface area contributed by atoms with Crippen LogP contribution >= 0.6 is 22.4 Å². The molecule has 0 aliphatic carbocycles. The Kier molecular flexibility index (Phi) is 4.88. The number of benzene rings is 1. The van der Waals surface area contributed by atoms with E-state index in [4.69, 9.17) is 11.6 Å². The van der Waals surface area contributed by atoms with Crippen molar-refractivity contribution in [2.75, 3.05) is 5.32 Å². The molecule has 3 heterocycles. The molecule has 0 unspecified atom stereocenters. The summed E-state index contributed by atoms with van der Waals surface area (Å²) in [5.41, 5.74) is 0.714. The van der Waals surface area contributed by atoms with Crippen LogP contribution in [-0.2, 0) is 6.54 Å². The first-order valence-corrected chi connectivity index (χ1v) is 10.7. The topological polar surface area (TPSA) is 99.7 Å². The fourth-order valence-corrected chi connectivity index (χ4v) is 4.70. The lowest BCUT2D eigenvalue weighted by Gasteiger charge is -2.34. The number of hydrogen-bond acceptors (Lipinski definition) is 6. The van der Waals surface area contributed by atoms with E-state index in [1.165, 1.54) is 0 Å². The van der Waals surface area contributed by atoms with Crippen LogP contribution in [0, 0.1) is 0 Å². The number of hydrogen-bond donors (Lipinski definition) is 3. The molecule has 0 saturated heterocycles. The molecule has 0 saturated carbocycles. The summed E-state index contributed by atoms with van der Waals surface area (Å²) in [6, 6.07) is 10.3. The number of nitrogens with one attached hydrogen (secondary N) is 1. The fourth-order valence-electron chi connectivity index (χ4n) is 3.22. The predicted molar refractivity (Wildman–Crippen MR) is 114 cm³/mol. The standard InChI is InChI=1S/C19H19ClN4O3S/c1-2-3-11-24-18-12(7-6-10-21-18)16(20)15(19(24)25)17-22-13-8-4-5-9-14(13)28(26,27)23-17/h4-10,26-27H,2-3,11H2,1H3,(H,22,23). The number of para-hydroxylation sites is 1. The molecule has 3 N–H and O–H groups in total. The zero-order valence-corrected chi connectivity index (χ0v) is 16.7. The molecule has 3 aromatic rings. The third-order valence-electron chi connectivity index (χ3n) is 4.58. The SMILES string of the molecule is CCCCn1c(=O)c(C2=NS(O)(O)c3ccccc3N2)c(Cl)c2cccnc21. The maximum absolute atomic E-state index is 13.3. The van der Waals surface area contributed by atoms with Crippen molar-refractivity contribution in [1.29, 1.82) is 0 Å². The molecule has 0 radical (unpaired) electrons. The summed E-state index contributed by atoms with van der Waals surface area (Å²) in [6.45, 7) is 2.52. The molecular formula is C19H19ClN4O3S. The number of rotatable bonds is 4. The molecule has 0 bridgehead atoms. The van der Waals surface area contributed by atoms with Gasteiger partial charge in [-0.05, 0) is 30.7 Å². The van der Waals surface area contributed by atoms with Crippen LogP contribution in [-0.4, -0.2) is 24.5 Å². The summed E-state index contributed by atoms with van der Waals surface area (Å²) in [5, 5.41) is 3.82. The molecule has 0 atom stereocenters. The van der Waals surface area contributed by atoms with Gasteiger partial charge < -0.3 is 5.32 Å². The lowest BCUT2D eigenvalue weighted by Crippen LogP contribution is -2.33. The van der Waals surface area contributed by atoms with Crippen molar-refractivity contribution in [2.45, 2.75) is 31.2 Å². The summed E-state index contributed by atoms with van der Waals surface area (Å²) in [4.78, 5) is 17.9. The van der Waals surface area contributed by atoms with Crippen LogP contribution < -0.4 is 10.9 Å². The van der Waals surface area contributed by atoms with Gasteiger partial charge in [-0.15, -0.1) is 4.40 Å². The van der Waals surface area contributed by atoms with Crippen LogP contribution in [0.4, 0.5) is 5.69 Å². The first-order chi connectivity index (χ1) is 13.4. The fraction of sp³-hybridized carbons (Fsp3) is 0.211. The minimum absolute atomic E-state index is 0.0460. The number of unbranched alkanes of at least 4 members (excludes halogenated alkanes) is 1. The van der Waals surface area contributed by atoms with Crippen LogP contribution in [0.1, 0.15) is 25.3 Å². The number of anilines is 1. The Labute approximate surface area is 168 Å². The van der Waals surface area contributed by atoms with Crippen LogP contribution in [0.15, 0.2) is 56.7 Å². The van der Waals surface area contributed by atoms with Crippen molar-refractivity contribution in [3.8, 4) is 0 Å². The predicted octanol–water partition coefficient (Wildman–Crippen LogP) is 4.75. The van der Waals surface area contributed by atoms with Gasteiger partial charge in [0.1, 0.15) is 16.1 Å². The highest BCUT2D eigenvalue weighted by atomic mass is 35.5. The normalized spacial score (nSPS) is 16.2. The van der Waals surface area contributed by atoms with Gasteiger partial charge in [-0.1, -0.05) is 47.9 Å². The van der Waals surface area contributed by atoms with Crippen LogP contribution in [0.5, 0.6) is 0 Å². The molecule has 28 heavy (non-hydrogen) atoms. The first-order valence-electron chi connectivity index (χ1n) is 8.85.